The fourth-order valence-corrected chi connectivity index (χ4v) is 10.7. The van der Waals surface area contributed by atoms with Crippen LogP contribution in [-0.2, 0) is 9.59 Å². The van der Waals surface area contributed by atoms with E-state index in [1.807, 2.05) is 0 Å². The van der Waals surface area contributed by atoms with Gasteiger partial charge in [-0.2, -0.15) is 0 Å². The van der Waals surface area contributed by atoms with Crippen molar-refractivity contribution in [1.82, 2.24) is 0 Å². The van der Waals surface area contributed by atoms with E-state index < -0.39 is 11.4 Å². The van der Waals surface area contributed by atoms with Crippen LogP contribution in [-0.4, -0.2) is 16.9 Å². The number of carbonyl (C=O) groups is 2. The van der Waals surface area contributed by atoms with Crippen molar-refractivity contribution in [2.45, 2.75) is 106 Å². The van der Waals surface area contributed by atoms with Crippen molar-refractivity contribution >= 4 is 11.8 Å². The zero-order chi connectivity index (χ0) is 24.2. The third-order valence-electron chi connectivity index (χ3n) is 13.2. The quantitative estimate of drug-likeness (QED) is 0.423. The molecule has 0 unspecified atom stereocenters. The predicted molar refractivity (Wildman–Crippen MR) is 132 cm³/mol. The number of carbonyl (C=O) groups excluding carboxylic acids is 1. The normalized spacial score (nSPS) is 53.1. The highest BCUT2D eigenvalue weighted by atomic mass is 16.4. The first kappa shape index (κ1) is 23.6. The van der Waals surface area contributed by atoms with Crippen molar-refractivity contribution in [3.8, 4) is 0 Å². The first-order valence-electron chi connectivity index (χ1n) is 13.7. The summed E-state index contributed by atoms with van der Waals surface area (Å²) < 4.78 is 0. The van der Waals surface area contributed by atoms with Gasteiger partial charge in [0, 0.05) is 11.8 Å². The van der Waals surface area contributed by atoms with Crippen LogP contribution in [0.2, 0.25) is 0 Å². The molecule has 3 nitrogen and oxygen atoms in total. The van der Waals surface area contributed by atoms with E-state index in [0.717, 1.165) is 51.4 Å². The van der Waals surface area contributed by atoms with Crippen LogP contribution in [0.5, 0.6) is 0 Å². The van der Waals surface area contributed by atoms with Crippen molar-refractivity contribution in [1.29, 1.82) is 0 Å². The van der Waals surface area contributed by atoms with Gasteiger partial charge in [0.25, 0.3) is 0 Å². The Kier molecular flexibility index (Phi) is 4.99. The van der Waals surface area contributed by atoms with Gasteiger partial charge < -0.3 is 5.11 Å². The molecule has 0 aromatic heterocycles. The lowest BCUT2D eigenvalue weighted by Gasteiger charge is -2.70. The maximum Gasteiger partial charge on any atom is 0.310 e. The number of allylic oxidation sites excluding steroid dienone is 2. The third-order valence-corrected chi connectivity index (χ3v) is 13.2. The van der Waals surface area contributed by atoms with Crippen LogP contribution in [0.1, 0.15) is 106 Å². The topological polar surface area (TPSA) is 54.4 Å². The zero-order valence-corrected chi connectivity index (χ0v) is 22.1. The maximum absolute atomic E-state index is 12.9. The lowest BCUT2D eigenvalue weighted by molar-refractivity contribution is -0.190. The highest BCUT2D eigenvalue weighted by Gasteiger charge is 2.69. The van der Waals surface area contributed by atoms with Gasteiger partial charge >= 0.3 is 5.97 Å². The Bertz CT molecular complexity index is 916. The van der Waals surface area contributed by atoms with Crippen LogP contribution >= 0.6 is 0 Å². The van der Waals surface area contributed by atoms with Crippen LogP contribution in [0.4, 0.5) is 0 Å². The molecule has 0 aromatic carbocycles. The number of Topliss-reactive ketones (excluding diaryl/α,β-unsaturated/α-hetero) is 1. The molecule has 0 aliphatic heterocycles. The molecule has 9 atom stereocenters. The minimum Gasteiger partial charge on any atom is -0.481 e. The smallest absolute Gasteiger partial charge is 0.310 e. The second kappa shape index (κ2) is 6.97. The molecule has 1 N–H and O–H groups in total. The predicted octanol–water partition coefficient (Wildman–Crippen LogP) is 7.30. The molecule has 0 saturated heterocycles. The average Bonchev–Trinajstić information content (AvgIpc) is 2.74. The fraction of sp³-hybridized carbons (Fsp3) is 0.867. The van der Waals surface area contributed by atoms with Crippen molar-refractivity contribution < 1.29 is 14.7 Å². The van der Waals surface area contributed by atoms with Crippen molar-refractivity contribution in [2.24, 2.45) is 56.7 Å². The Morgan fingerprint density at radius 1 is 0.939 bits per heavy atom. The molecule has 0 bridgehead atoms. The summed E-state index contributed by atoms with van der Waals surface area (Å²) in [6, 6.07) is 0. The van der Waals surface area contributed by atoms with Gasteiger partial charge in [-0.05, 0) is 97.2 Å². The van der Waals surface area contributed by atoms with E-state index in [-0.39, 0.29) is 27.6 Å². The molecular weight excluding hydrogens is 408 g/mol. The number of hydrogen-bond donors (Lipinski definition) is 1. The summed E-state index contributed by atoms with van der Waals surface area (Å²) in [7, 11) is 0. The molecule has 4 saturated carbocycles. The number of carboxylic acids is 1. The standard InChI is InChI=1S/C30H46O3/c1-18-10-15-30(25(32)33)17-16-28(6)20(24(30)19(18)2)8-9-22-27(5)13-12-23(31)26(3,4)21(27)11-14-29(22,28)7/h8,18-19,21-22,24H,9-17H2,1-7H3,(H,32,33)/t18-,19+,21+,22-,24+,27+,28-,29-,30+/m0/s1. The van der Waals surface area contributed by atoms with Crippen molar-refractivity contribution in [3.05, 3.63) is 11.6 Å². The molecule has 5 aliphatic carbocycles. The molecule has 4 fully saturated rings. The summed E-state index contributed by atoms with van der Waals surface area (Å²) >= 11 is 0. The molecular formula is C30H46O3. The lowest BCUT2D eigenvalue weighted by Crippen LogP contribution is -2.65. The average molecular weight is 455 g/mol. The molecule has 33 heavy (non-hydrogen) atoms. The van der Waals surface area contributed by atoms with Crippen LogP contribution in [0.15, 0.2) is 11.6 Å². The number of fused-ring (bicyclic) bond motifs is 7. The summed E-state index contributed by atoms with van der Waals surface area (Å²) in [5.41, 5.74) is 1.12. The molecule has 0 aromatic rings. The number of rotatable bonds is 1. The van der Waals surface area contributed by atoms with Crippen LogP contribution in [0.3, 0.4) is 0 Å². The van der Waals surface area contributed by atoms with Gasteiger partial charge in [0.15, 0.2) is 0 Å². The number of aliphatic carboxylic acids is 1. The minimum atomic E-state index is -0.569. The van der Waals surface area contributed by atoms with Gasteiger partial charge in [0.05, 0.1) is 5.41 Å². The largest absolute Gasteiger partial charge is 0.481 e. The van der Waals surface area contributed by atoms with E-state index in [2.05, 4.69) is 54.5 Å². The Labute approximate surface area is 201 Å². The van der Waals surface area contributed by atoms with E-state index in [1.165, 1.54) is 12.0 Å². The molecule has 3 heteroatoms. The highest BCUT2D eigenvalue weighted by Crippen LogP contribution is 2.75. The lowest BCUT2D eigenvalue weighted by atomic mass is 9.33. The van der Waals surface area contributed by atoms with E-state index in [0.29, 0.717) is 29.5 Å². The molecule has 5 rings (SSSR count). The first-order chi connectivity index (χ1) is 15.3. The summed E-state index contributed by atoms with van der Waals surface area (Å²) in [6.45, 7) is 16.7. The second-order valence-corrected chi connectivity index (χ2v) is 14.3. The SMILES string of the molecule is C[C@@H]1[C@@H](C)CC[C@@]2(C(=O)O)CC[C@@]3(C)C(=CC[C@H]4[C@]5(C)CCC(=O)C(C)(C)[C@H]5CC[C@@]43C)[C@@H]12. The summed E-state index contributed by atoms with van der Waals surface area (Å²) in [4.78, 5) is 25.7. The Balaban J connectivity index is 1.62. The Morgan fingerprint density at radius 2 is 1.64 bits per heavy atom. The number of carboxylic acid groups (broad SMARTS) is 1. The third kappa shape index (κ3) is 2.69. The summed E-state index contributed by atoms with van der Waals surface area (Å²) in [5.74, 6) is 2.10. The van der Waals surface area contributed by atoms with E-state index in [4.69, 9.17) is 0 Å². The molecule has 184 valence electrons. The Hall–Kier alpha value is -1.12. The van der Waals surface area contributed by atoms with E-state index in [1.54, 1.807) is 0 Å². The van der Waals surface area contributed by atoms with Gasteiger partial charge in [-0.25, -0.2) is 0 Å². The van der Waals surface area contributed by atoms with Crippen LogP contribution in [0, 0.1) is 56.7 Å². The Morgan fingerprint density at radius 3 is 2.30 bits per heavy atom. The summed E-state index contributed by atoms with van der Waals surface area (Å²) in [6.07, 6.45) is 11.3. The molecule has 0 heterocycles. The van der Waals surface area contributed by atoms with Gasteiger partial charge in [0.1, 0.15) is 5.78 Å². The van der Waals surface area contributed by atoms with Gasteiger partial charge in [-0.15, -0.1) is 0 Å². The molecule has 0 amide bonds. The summed E-state index contributed by atoms with van der Waals surface area (Å²) in [5, 5.41) is 10.5. The fourth-order valence-electron chi connectivity index (χ4n) is 10.7. The highest BCUT2D eigenvalue weighted by molar-refractivity contribution is 5.85. The first-order valence-corrected chi connectivity index (χ1v) is 13.7. The van der Waals surface area contributed by atoms with Crippen LogP contribution < -0.4 is 0 Å². The molecule has 0 spiro atoms. The second-order valence-electron chi connectivity index (χ2n) is 14.3. The van der Waals surface area contributed by atoms with Gasteiger partial charge in [-0.3, -0.25) is 9.59 Å². The number of hydrogen-bond acceptors (Lipinski definition) is 2. The monoisotopic (exact) mass is 454 g/mol. The van der Waals surface area contributed by atoms with Crippen molar-refractivity contribution in [3.63, 3.8) is 0 Å². The zero-order valence-electron chi connectivity index (χ0n) is 22.1. The van der Waals surface area contributed by atoms with Gasteiger partial charge in [-0.1, -0.05) is 60.1 Å². The molecule has 5 aliphatic rings. The van der Waals surface area contributed by atoms with E-state index >= 15 is 0 Å². The van der Waals surface area contributed by atoms with Gasteiger partial charge in [0.2, 0.25) is 0 Å². The number of ketones is 1. The van der Waals surface area contributed by atoms with Crippen molar-refractivity contribution in [2.75, 3.05) is 0 Å². The van der Waals surface area contributed by atoms with E-state index in [9.17, 15) is 14.7 Å². The minimum absolute atomic E-state index is 0.0600. The van der Waals surface area contributed by atoms with Crippen LogP contribution in [0.25, 0.3) is 0 Å². The maximum atomic E-state index is 12.9. The molecule has 0 radical (unpaired) electrons.